The van der Waals surface area contributed by atoms with Gasteiger partial charge in [0.15, 0.2) is 0 Å². The molecule has 2 rings (SSSR count). The number of ether oxygens (including phenoxy) is 1. The van der Waals surface area contributed by atoms with Crippen molar-refractivity contribution in [3.63, 3.8) is 0 Å². The maximum atomic E-state index is 12.4. The number of hydrogen-bond donors (Lipinski definition) is 1. The van der Waals surface area contributed by atoms with Crippen molar-refractivity contribution in [1.82, 2.24) is 10.2 Å². The number of piperidine rings is 2. The van der Waals surface area contributed by atoms with Gasteiger partial charge in [-0.05, 0) is 39.2 Å². The first-order valence-electron chi connectivity index (χ1n) is 7.38. The molecule has 19 heavy (non-hydrogen) atoms. The van der Waals surface area contributed by atoms with E-state index in [-0.39, 0.29) is 23.7 Å². The van der Waals surface area contributed by atoms with Crippen LogP contribution in [-0.2, 0) is 14.3 Å². The number of carbonyl (C=O) groups is 2. The van der Waals surface area contributed by atoms with Crippen molar-refractivity contribution in [3.05, 3.63) is 0 Å². The highest BCUT2D eigenvalue weighted by Gasteiger charge is 2.32. The highest BCUT2D eigenvalue weighted by Crippen LogP contribution is 2.21. The molecule has 1 unspecified atom stereocenters. The van der Waals surface area contributed by atoms with Crippen LogP contribution in [0.15, 0.2) is 0 Å². The Kier molecular flexibility index (Phi) is 5.19. The van der Waals surface area contributed by atoms with Gasteiger partial charge < -0.3 is 15.0 Å². The molecule has 2 aliphatic rings. The van der Waals surface area contributed by atoms with Gasteiger partial charge in [0.1, 0.15) is 0 Å². The summed E-state index contributed by atoms with van der Waals surface area (Å²) < 4.78 is 5.07. The van der Waals surface area contributed by atoms with Crippen molar-refractivity contribution in [2.75, 3.05) is 32.8 Å². The summed E-state index contributed by atoms with van der Waals surface area (Å²) in [4.78, 5) is 26.0. The normalized spacial score (nSPS) is 27.9. The highest BCUT2D eigenvalue weighted by molar-refractivity contribution is 5.80. The van der Waals surface area contributed by atoms with E-state index >= 15 is 0 Å². The number of nitrogens with one attached hydrogen (secondary N) is 1. The van der Waals surface area contributed by atoms with E-state index in [9.17, 15) is 9.59 Å². The number of carbonyl (C=O) groups excluding carboxylic acids is 2. The molecule has 2 saturated heterocycles. The van der Waals surface area contributed by atoms with E-state index < -0.39 is 0 Å². The summed E-state index contributed by atoms with van der Waals surface area (Å²) in [6, 6.07) is 0. The maximum Gasteiger partial charge on any atom is 0.310 e. The Morgan fingerprint density at radius 2 is 2.05 bits per heavy atom. The Morgan fingerprint density at radius 1 is 1.26 bits per heavy atom. The molecule has 2 heterocycles. The van der Waals surface area contributed by atoms with Crippen LogP contribution >= 0.6 is 0 Å². The minimum atomic E-state index is -0.151. The number of esters is 1. The second-order valence-corrected chi connectivity index (χ2v) is 5.42. The Bertz CT molecular complexity index is 327. The van der Waals surface area contributed by atoms with Crippen LogP contribution in [-0.4, -0.2) is 49.6 Å². The predicted octanol–water partition coefficient (Wildman–Crippen LogP) is 0.788. The van der Waals surface area contributed by atoms with Gasteiger partial charge in [0, 0.05) is 19.6 Å². The maximum absolute atomic E-state index is 12.4. The van der Waals surface area contributed by atoms with E-state index in [0.29, 0.717) is 13.2 Å². The molecule has 0 spiro atoms. The van der Waals surface area contributed by atoms with Crippen LogP contribution in [0.2, 0.25) is 0 Å². The minimum absolute atomic E-state index is 0.0923. The van der Waals surface area contributed by atoms with Crippen LogP contribution < -0.4 is 5.32 Å². The Hall–Kier alpha value is -1.10. The van der Waals surface area contributed by atoms with Gasteiger partial charge in [0.25, 0.3) is 0 Å². The molecule has 2 atom stereocenters. The summed E-state index contributed by atoms with van der Waals surface area (Å²) in [6.07, 6.45) is 3.76. The average molecular weight is 268 g/mol. The molecule has 0 aliphatic carbocycles. The molecule has 0 aromatic rings. The van der Waals surface area contributed by atoms with E-state index in [1.165, 1.54) is 0 Å². The number of hydrogen-bond acceptors (Lipinski definition) is 4. The first kappa shape index (κ1) is 14.3. The van der Waals surface area contributed by atoms with Crippen molar-refractivity contribution < 1.29 is 14.3 Å². The van der Waals surface area contributed by atoms with E-state index in [1.54, 1.807) is 0 Å². The van der Waals surface area contributed by atoms with Gasteiger partial charge in [-0.25, -0.2) is 0 Å². The van der Waals surface area contributed by atoms with E-state index in [1.807, 2.05) is 11.8 Å². The summed E-state index contributed by atoms with van der Waals surface area (Å²) in [5.41, 5.74) is 0. The van der Waals surface area contributed by atoms with Gasteiger partial charge in [0.05, 0.1) is 18.4 Å². The van der Waals surface area contributed by atoms with Crippen molar-refractivity contribution >= 4 is 11.9 Å². The second kappa shape index (κ2) is 6.89. The Labute approximate surface area is 114 Å². The summed E-state index contributed by atoms with van der Waals surface area (Å²) in [5, 5.41) is 3.27. The smallest absolute Gasteiger partial charge is 0.310 e. The number of nitrogens with zero attached hydrogens (tertiary/aromatic N) is 1. The van der Waals surface area contributed by atoms with Crippen molar-refractivity contribution in [3.8, 4) is 0 Å². The van der Waals surface area contributed by atoms with E-state index in [4.69, 9.17) is 4.74 Å². The molecule has 0 saturated carbocycles. The van der Waals surface area contributed by atoms with Crippen molar-refractivity contribution in [1.29, 1.82) is 0 Å². The predicted molar refractivity (Wildman–Crippen MR) is 71.5 cm³/mol. The zero-order valence-corrected chi connectivity index (χ0v) is 11.7. The molecule has 5 nitrogen and oxygen atoms in total. The fraction of sp³-hybridized carbons (Fsp3) is 0.857. The molecular formula is C14H24N2O3. The topological polar surface area (TPSA) is 58.6 Å². The fourth-order valence-electron chi connectivity index (χ4n) is 2.95. The SMILES string of the molecule is CCOC(=O)C1CCCN(C(=O)[C@@H]2CCCNC2)C1. The lowest BCUT2D eigenvalue weighted by molar-refractivity contribution is -0.152. The Morgan fingerprint density at radius 3 is 2.74 bits per heavy atom. The molecule has 1 N–H and O–H groups in total. The summed E-state index contributed by atoms with van der Waals surface area (Å²) in [6.45, 7) is 5.33. The average Bonchev–Trinajstić information content (AvgIpc) is 2.48. The van der Waals surface area contributed by atoms with E-state index in [2.05, 4.69) is 5.32 Å². The number of likely N-dealkylation sites (tertiary alicyclic amines) is 1. The molecular weight excluding hydrogens is 244 g/mol. The van der Waals surface area contributed by atoms with E-state index in [0.717, 1.165) is 45.3 Å². The molecule has 108 valence electrons. The minimum Gasteiger partial charge on any atom is -0.466 e. The van der Waals surface area contributed by atoms with Crippen LogP contribution in [0.5, 0.6) is 0 Å². The first-order chi connectivity index (χ1) is 9.22. The summed E-state index contributed by atoms with van der Waals surface area (Å²) in [7, 11) is 0. The van der Waals surface area contributed by atoms with Crippen molar-refractivity contribution in [2.24, 2.45) is 11.8 Å². The lowest BCUT2D eigenvalue weighted by atomic mass is 9.94. The van der Waals surface area contributed by atoms with Crippen LogP contribution in [0.4, 0.5) is 0 Å². The standard InChI is InChI=1S/C14H24N2O3/c1-2-19-14(18)12-6-4-8-16(10-12)13(17)11-5-3-7-15-9-11/h11-12,15H,2-10H2,1H3/t11-,12?/m1/s1. The van der Waals surface area contributed by atoms with Crippen LogP contribution in [0, 0.1) is 11.8 Å². The van der Waals surface area contributed by atoms with Crippen LogP contribution in [0.3, 0.4) is 0 Å². The molecule has 0 aromatic carbocycles. The van der Waals surface area contributed by atoms with Gasteiger partial charge in [-0.15, -0.1) is 0 Å². The van der Waals surface area contributed by atoms with Gasteiger partial charge in [0.2, 0.25) is 5.91 Å². The second-order valence-electron chi connectivity index (χ2n) is 5.42. The largest absolute Gasteiger partial charge is 0.466 e. The third-order valence-corrected chi connectivity index (χ3v) is 4.00. The third kappa shape index (κ3) is 3.69. The number of amides is 1. The van der Waals surface area contributed by atoms with Gasteiger partial charge in [-0.3, -0.25) is 9.59 Å². The summed E-state index contributed by atoms with van der Waals surface area (Å²) >= 11 is 0. The number of rotatable bonds is 3. The molecule has 2 fully saturated rings. The lowest BCUT2D eigenvalue weighted by Crippen LogP contribution is -2.48. The van der Waals surface area contributed by atoms with Gasteiger partial charge >= 0.3 is 5.97 Å². The molecule has 0 bridgehead atoms. The Balaban J connectivity index is 1.89. The van der Waals surface area contributed by atoms with Crippen LogP contribution in [0.25, 0.3) is 0 Å². The van der Waals surface area contributed by atoms with Gasteiger partial charge in [-0.2, -0.15) is 0 Å². The fourth-order valence-corrected chi connectivity index (χ4v) is 2.95. The van der Waals surface area contributed by atoms with Crippen LogP contribution in [0.1, 0.15) is 32.6 Å². The summed E-state index contributed by atoms with van der Waals surface area (Å²) in [5.74, 6) is 0.0202. The highest BCUT2D eigenvalue weighted by atomic mass is 16.5. The lowest BCUT2D eigenvalue weighted by Gasteiger charge is -2.35. The first-order valence-corrected chi connectivity index (χ1v) is 7.38. The molecule has 0 aromatic heterocycles. The zero-order valence-electron chi connectivity index (χ0n) is 11.7. The third-order valence-electron chi connectivity index (χ3n) is 4.00. The molecule has 0 radical (unpaired) electrons. The zero-order chi connectivity index (χ0) is 13.7. The molecule has 2 aliphatic heterocycles. The van der Waals surface area contributed by atoms with Crippen molar-refractivity contribution in [2.45, 2.75) is 32.6 Å². The molecule has 1 amide bonds. The molecule has 5 heteroatoms. The van der Waals surface area contributed by atoms with Gasteiger partial charge in [-0.1, -0.05) is 0 Å². The quantitative estimate of drug-likeness (QED) is 0.769. The monoisotopic (exact) mass is 268 g/mol.